The molecule has 3 rings (SSSR count). The third-order valence-corrected chi connectivity index (χ3v) is 5.91. The summed E-state index contributed by atoms with van der Waals surface area (Å²) in [4.78, 5) is 14.2. The third-order valence-electron chi connectivity index (χ3n) is 3.02. The minimum Gasteiger partial charge on any atom is -0.305 e. The molecule has 0 fully saturated rings. The van der Waals surface area contributed by atoms with Crippen LogP contribution in [0.1, 0.15) is 0 Å². The van der Waals surface area contributed by atoms with Crippen LogP contribution in [0.25, 0.3) is 11.0 Å². The Morgan fingerprint density at radius 1 is 1.00 bits per heavy atom. The molecule has 0 saturated heterocycles. The summed E-state index contributed by atoms with van der Waals surface area (Å²) in [5.41, 5.74) is -0.372. The van der Waals surface area contributed by atoms with Crippen molar-refractivity contribution in [2.75, 3.05) is 0 Å². The van der Waals surface area contributed by atoms with Crippen molar-refractivity contribution in [2.24, 2.45) is 0 Å². The van der Waals surface area contributed by atoms with Gasteiger partial charge in [-0.15, -0.1) is 0 Å². The van der Waals surface area contributed by atoms with E-state index >= 15 is 0 Å². The van der Waals surface area contributed by atoms with Crippen LogP contribution in [0.3, 0.4) is 0 Å². The van der Waals surface area contributed by atoms with Gasteiger partial charge in [-0.2, -0.15) is 3.97 Å². The largest absolute Gasteiger partial charge is 0.340 e. The lowest BCUT2D eigenvalue weighted by Crippen LogP contribution is -2.25. The zero-order valence-corrected chi connectivity index (χ0v) is 13.8. The molecular formula is C13H7Cl3N2O3S. The number of hydrogen-bond acceptors (Lipinski definition) is 3. The molecule has 0 atom stereocenters. The second-order valence-electron chi connectivity index (χ2n) is 4.41. The molecular weight excluding hydrogens is 371 g/mol. The quantitative estimate of drug-likeness (QED) is 0.742. The Bertz CT molecular complexity index is 1030. The topological polar surface area (TPSA) is 71.9 Å². The molecule has 0 aliphatic rings. The maximum Gasteiger partial charge on any atom is 0.340 e. The van der Waals surface area contributed by atoms with Crippen LogP contribution in [0.2, 0.25) is 15.1 Å². The van der Waals surface area contributed by atoms with Crippen LogP contribution in [0.15, 0.2) is 46.1 Å². The maximum absolute atomic E-state index is 12.8. The second kappa shape index (κ2) is 5.31. The van der Waals surface area contributed by atoms with Gasteiger partial charge < -0.3 is 4.98 Å². The number of aromatic nitrogens is 2. The Hall–Kier alpha value is -1.47. The van der Waals surface area contributed by atoms with Crippen LogP contribution >= 0.6 is 34.8 Å². The number of hydrogen-bond donors (Lipinski definition) is 1. The summed E-state index contributed by atoms with van der Waals surface area (Å²) in [5.74, 6) is 0. The zero-order chi connectivity index (χ0) is 16.1. The molecule has 0 saturated carbocycles. The fourth-order valence-corrected chi connectivity index (χ4v) is 4.75. The van der Waals surface area contributed by atoms with Gasteiger partial charge in [-0.1, -0.05) is 40.9 Å². The van der Waals surface area contributed by atoms with E-state index in [1.165, 1.54) is 30.3 Å². The Balaban J connectivity index is 2.43. The zero-order valence-electron chi connectivity index (χ0n) is 10.7. The predicted octanol–water partition coefficient (Wildman–Crippen LogP) is 3.53. The molecule has 0 spiro atoms. The molecule has 9 heteroatoms. The number of rotatable bonds is 2. The molecule has 0 aliphatic carbocycles. The third kappa shape index (κ3) is 2.32. The van der Waals surface area contributed by atoms with Crippen LogP contribution in [-0.4, -0.2) is 17.4 Å². The van der Waals surface area contributed by atoms with Crippen molar-refractivity contribution >= 4 is 55.9 Å². The summed E-state index contributed by atoms with van der Waals surface area (Å²) >= 11 is 17.8. The summed E-state index contributed by atoms with van der Waals surface area (Å²) in [7, 11) is -4.28. The Labute approximate surface area is 140 Å². The Kier molecular flexibility index (Phi) is 3.72. The number of halogens is 3. The Morgan fingerprint density at radius 2 is 1.64 bits per heavy atom. The van der Waals surface area contributed by atoms with E-state index in [1.807, 2.05) is 0 Å². The molecule has 0 bridgehead atoms. The van der Waals surface area contributed by atoms with Crippen molar-refractivity contribution < 1.29 is 8.42 Å². The standard InChI is InChI=1S/C13H7Cl3N2O3S/c14-7-4-5-10-11(6-7)18(13(19)17-10)22(20,21)12-8(15)2-1-3-9(12)16/h1-6H,(H,17,19). The van der Waals surface area contributed by atoms with E-state index in [0.29, 0.717) is 14.5 Å². The van der Waals surface area contributed by atoms with Crippen molar-refractivity contribution in [3.8, 4) is 0 Å². The van der Waals surface area contributed by atoms with E-state index < -0.39 is 15.7 Å². The lowest BCUT2D eigenvalue weighted by Gasteiger charge is -2.09. The SMILES string of the molecule is O=c1[nH]c2ccc(Cl)cc2n1S(=O)(=O)c1c(Cl)cccc1Cl. The highest BCUT2D eigenvalue weighted by Gasteiger charge is 2.27. The van der Waals surface area contributed by atoms with Gasteiger partial charge in [0, 0.05) is 5.02 Å². The van der Waals surface area contributed by atoms with Gasteiger partial charge >= 0.3 is 5.69 Å². The summed E-state index contributed by atoms with van der Waals surface area (Å²) in [6, 6.07) is 8.70. The molecule has 0 unspecified atom stereocenters. The van der Waals surface area contributed by atoms with Gasteiger partial charge in [0.25, 0.3) is 10.0 Å². The lowest BCUT2D eigenvalue weighted by atomic mass is 10.3. The highest BCUT2D eigenvalue weighted by molar-refractivity contribution is 7.90. The van der Waals surface area contributed by atoms with Crippen molar-refractivity contribution in [3.05, 3.63) is 62.0 Å². The number of imidazole rings is 1. The lowest BCUT2D eigenvalue weighted by molar-refractivity contribution is 0.587. The smallest absolute Gasteiger partial charge is 0.305 e. The van der Waals surface area contributed by atoms with Crippen LogP contribution in [0.5, 0.6) is 0 Å². The second-order valence-corrected chi connectivity index (χ2v) is 7.39. The summed E-state index contributed by atoms with van der Waals surface area (Å²) < 4.78 is 26.2. The summed E-state index contributed by atoms with van der Waals surface area (Å²) in [5, 5.41) is 0.146. The van der Waals surface area contributed by atoms with E-state index in [1.54, 1.807) is 6.07 Å². The van der Waals surface area contributed by atoms with Gasteiger partial charge in [-0.05, 0) is 30.3 Å². The molecule has 22 heavy (non-hydrogen) atoms. The highest BCUT2D eigenvalue weighted by atomic mass is 35.5. The molecule has 1 aromatic heterocycles. The molecule has 2 aromatic carbocycles. The molecule has 3 aromatic rings. The van der Waals surface area contributed by atoms with Gasteiger partial charge in [0.2, 0.25) is 0 Å². The van der Waals surface area contributed by atoms with Gasteiger partial charge in [-0.3, -0.25) is 0 Å². The molecule has 1 N–H and O–H groups in total. The van der Waals surface area contributed by atoms with E-state index in [9.17, 15) is 13.2 Å². The number of benzene rings is 2. The van der Waals surface area contributed by atoms with Crippen LogP contribution in [0, 0.1) is 0 Å². The molecule has 1 heterocycles. The van der Waals surface area contributed by atoms with Gasteiger partial charge in [0.15, 0.2) is 0 Å². The van der Waals surface area contributed by atoms with Gasteiger partial charge in [-0.25, -0.2) is 13.2 Å². The minimum atomic E-state index is -4.28. The van der Waals surface area contributed by atoms with Crippen molar-refractivity contribution in [2.45, 2.75) is 4.90 Å². The molecule has 5 nitrogen and oxygen atoms in total. The van der Waals surface area contributed by atoms with Crippen molar-refractivity contribution in [1.82, 2.24) is 8.96 Å². The van der Waals surface area contributed by atoms with Crippen molar-refractivity contribution in [3.63, 3.8) is 0 Å². The molecule has 0 aliphatic heterocycles. The minimum absolute atomic E-state index is 0.0734. The van der Waals surface area contributed by atoms with E-state index in [0.717, 1.165) is 0 Å². The first-order valence-electron chi connectivity index (χ1n) is 5.92. The number of fused-ring (bicyclic) bond motifs is 1. The van der Waals surface area contributed by atoms with E-state index in [4.69, 9.17) is 34.8 Å². The number of H-pyrrole nitrogens is 1. The average molecular weight is 378 g/mol. The normalized spacial score (nSPS) is 12.0. The summed E-state index contributed by atoms with van der Waals surface area (Å²) in [6.45, 7) is 0. The van der Waals surface area contributed by atoms with Crippen LogP contribution in [0.4, 0.5) is 0 Å². The van der Waals surface area contributed by atoms with Crippen LogP contribution in [-0.2, 0) is 10.0 Å². The molecule has 114 valence electrons. The monoisotopic (exact) mass is 376 g/mol. The first-order valence-corrected chi connectivity index (χ1v) is 8.49. The summed E-state index contributed by atoms with van der Waals surface area (Å²) in [6.07, 6.45) is 0. The maximum atomic E-state index is 12.8. The first kappa shape index (κ1) is 15.4. The Morgan fingerprint density at radius 3 is 2.27 bits per heavy atom. The number of nitrogens with one attached hydrogen (secondary N) is 1. The van der Waals surface area contributed by atoms with Crippen LogP contribution < -0.4 is 5.69 Å². The number of aromatic amines is 1. The van der Waals surface area contributed by atoms with Gasteiger partial charge in [0.05, 0.1) is 21.1 Å². The van der Waals surface area contributed by atoms with E-state index in [-0.39, 0.29) is 20.5 Å². The van der Waals surface area contributed by atoms with Crippen molar-refractivity contribution in [1.29, 1.82) is 0 Å². The van der Waals surface area contributed by atoms with Gasteiger partial charge in [0.1, 0.15) is 4.90 Å². The fourth-order valence-electron chi connectivity index (χ4n) is 2.11. The molecule has 0 radical (unpaired) electrons. The van der Waals surface area contributed by atoms with E-state index in [2.05, 4.69) is 4.98 Å². The first-order chi connectivity index (χ1) is 10.3. The predicted molar refractivity (Wildman–Crippen MR) is 86.6 cm³/mol. The molecule has 0 amide bonds. The fraction of sp³-hybridized carbons (Fsp3) is 0. The highest BCUT2D eigenvalue weighted by Crippen LogP contribution is 2.31. The number of nitrogens with zero attached hydrogens (tertiary/aromatic N) is 1. The average Bonchev–Trinajstić information content (AvgIpc) is 2.74.